The van der Waals surface area contributed by atoms with E-state index >= 15 is 0 Å². The number of aryl methyl sites for hydroxylation is 1. The fourth-order valence-corrected chi connectivity index (χ4v) is 4.12. The molecule has 1 saturated carbocycles. The first-order valence-electron chi connectivity index (χ1n) is 7.40. The second kappa shape index (κ2) is 6.08. The second-order valence-electron chi connectivity index (χ2n) is 5.92. The van der Waals surface area contributed by atoms with Crippen molar-refractivity contribution in [2.75, 3.05) is 13.1 Å². The maximum atomic E-state index is 12.4. The van der Waals surface area contributed by atoms with Gasteiger partial charge in [-0.3, -0.25) is 9.59 Å². The van der Waals surface area contributed by atoms with Crippen molar-refractivity contribution in [3.05, 3.63) is 20.3 Å². The van der Waals surface area contributed by atoms with Crippen molar-refractivity contribution in [3.8, 4) is 0 Å². The molecule has 0 atom stereocenters. The summed E-state index contributed by atoms with van der Waals surface area (Å²) < 4.78 is 1.03. The molecule has 21 heavy (non-hydrogen) atoms. The van der Waals surface area contributed by atoms with Gasteiger partial charge in [-0.15, -0.1) is 11.3 Å². The van der Waals surface area contributed by atoms with Gasteiger partial charge in [0.15, 0.2) is 0 Å². The molecule has 3 rings (SSSR count). The summed E-state index contributed by atoms with van der Waals surface area (Å²) in [5.74, 6) is 0.578. The average molecular weight is 371 g/mol. The van der Waals surface area contributed by atoms with Crippen LogP contribution in [0.1, 0.15) is 40.9 Å². The quantitative estimate of drug-likeness (QED) is 0.888. The molecule has 1 aliphatic heterocycles. The lowest BCUT2D eigenvalue weighted by atomic mass is 10.0. The highest BCUT2D eigenvalue weighted by Gasteiger charge is 2.32. The number of halogens is 1. The highest BCUT2D eigenvalue weighted by molar-refractivity contribution is 9.11. The zero-order valence-electron chi connectivity index (χ0n) is 12.0. The van der Waals surface area contributed by atoms with Gasteiger partial charge < -0.3 is 10.2 Å². The predicted molar refractivity (Wildman–Crippen MR) is 86.5 cm³/mol. The van der Waals surface area contributed by atoms with Crippen molar-refractivity contribution >= 4 is 39.1 Å². The monoisotopic (exact) mass is 370 g/mol. The molecule has 2 heterocycles. The fourth-order valence-electron chi connectivity index (χ4n) is 2.61. The van der Waals surface area contributed by atoms with Crippen LogP contribution in [-0.4, -0.2) is 35.8 Å². The number of likely N-dealkylation sites (tertiary alicyclic amines) is 1. The number of carbonyl (C=O) groups excluding carboxylic acids is 2. The summed E-state index contributed by atoms with van der Waals surface area (Å²) in [6.07, 6.45) is 3.79. The molecule has 0 spiro atoms. The Kier molecular flexibility index (Phi) is 4.36. The molecular weight excluding hydrogens is 352 g/mol. The lowest BCUT2D eigenvalue weighted by Gasteiger charge is -2.32. The molecule has 1 N–H and O–H groups in total. The summed E-state index contributed by atoms with van der Waals surface area (Å²) in [6, 6.07) is 2.18. The van der Waals surface area contributed by atoms with Gasteiger partial charge in [0.25, 0.3) is 5.91 Å². The van der Waals surface area contributed by atoms with E-state index in [9.17, 15) is 9.59 Å². The molecule has 0 radical (unpaired) electrons. The van der Waals surface area contributed by atoms with Gasteiger partial charge in [0.2, 0.25) is 5.91 Å². The first-order chi connectivity index (χ1) is 10.0. The zero-order chi connectivity index (χ0) is 15.0. The van der Waals surface area contributed by atoms with Gasteiger partial charge in [-0.05, 0) is 60.2 Å². The lowest BCUT2D eigenvalue weighted by molar-refractivity contribution is -0.123. The van der Waals surface area contributed by atoms with Crippen molar-refractivity contribution in [3.63, 3.8) is 0 Å². The zero-order valence-corrected chi connectivity index (χ0v) is 14.4. The Morgan fingerprint density at radius 3 is 2.48 bits per heavy atom. The summed E-state index contributed by atoms with van der Waals surface area (Å²) in [5, 5.41) is 3.11. The first-order valence-corrected chi connectivity index (χ1v) is 9.01. The lowest BCUT2D eigenvalue weighted by Crippen LogP contribution is -2.46. The topological polar surface area (TPSA) is 49.4 Å². The van der Waals surface area contributed by atoms with Gasteiger partial charge >= 0.3 is 0 Å². The van der Waals surface area contributed by atoms with Crippen LogP contribution in [0, 0.1) is 12.8 Å². The van der Waals surface area contributed by atoms with Gasteiger partial charge in [0.05, 0.1) is 8.66 Å². The summed E-state index contributed by atoms with van der Waals surface area (Å²) in [4.78, 5) is 26.9. The molecule has 2 amide bonds. The van der Waals surface area contributed by atoms with Crippen LogP contribution in [0.25, 0.3) is 0 Å². The molecule has 6 heteroatoms. The molecule has 1 aliphatic carbocycles. The Bertz CT molecular complexity index is 541. The van der Waals surface area contributed by atoms with E-state index in [1.54, 1.807) is 0 Å². The molecule has 4 nitrogen and oxygen atoms in total. The second-order valence-corrected chi connectivity index (χ2v) is 8.29. The van der Waals surface area contributed by atoms with Crippen molar-refractivity contribution in [1.29, 1.82) is 0 Å². The van der Waals surface area contributed by atoms with E-state index < -0.39 is 0 Å². The largest absolute Gasteiger partial charge is 0.353 e. The molecule has 1 aromatic heterocycles. The molecule has 1 saturated heterocycles. The molecule has 0 unspecified atom stereocenters. The normalized spacial score (nSPS) is 19.6. The molecule has 1 aromatic rings. The van der Waals surface area contributed by atoms with Crippen LogP contribution in [-0.2, 0) is 4.79 Å². The Morgan fingerprint density at radius 1 is 1.29 bits per heavy atom. The third-order valence-corrected chi connectivity index (χ3v) is 6.27. The van der Waals surface area contributed by atoms with E-state index in [0.717, 1.165) is 53.0 Å². The molecular formula is C15H19BrN2O2S. The molecule has 2 fully saturated rings. The van der Waals surface area contributed by atoms with Gasteiger partial charge in [0.1, 0.15) is 0 Å². The van der Waals surface area contributed by atoms with Crippen molar-refractivity contribution < 1.29 is 9.59 Å². The van der Waals surface area contributed by atoms with Crippen molar-refractivity contribution in [2.45, 2.75) is 38.6 Å². The standard InChI is InChI=1S/C15H19BrN2O2S/c1-9-8-12(21-13(9)16)15(20)18-6-4-11(5-7-18)17-14(19)10-2-3-10/h8,10-11H,2-7H2,1H3,(H,17,19). The number of carbonyl (C=O) groups is 2. The minimum absolute atomic E-state index is 0.112. The first kappa shape index (κ1) is 15.0. The van der Waals surface area contributed by atoms with Crippen molar-refractivity contribution in [2.24, 2.45) is 5.92 Å². The summed E-state index contributed by atoms with van der Waals surface area (Å²) in [5.41, 5.74) is 1.11. The molecule has 0 bridgehead atoms. The Labute approximate surface area is 137 Å². The Hall–Kier alpha value is -0.880. The smallest absolute Gasteiger partial charge is 0.263 e. The van der Waals surface area contributed by atoms with Crippen LogP contribution in [0.3, 0.4) is 0 Å². The van der Waals surface area contributed by atoms with E-state index in [1.165, 1.54) is 11.3 Å². The van der Waals surface area contributed by atoms with Crippen LogP contribution in [0.2, 0.25) is 0 Å². The fraction of sp³-hybridized carbons (Fsp3) is 0.600. The molecule has 2 aliphatic rings. The minimum atomic E-state index is 0.112. The van der Waals surface area contributed by atoms with E-state index in [2.05, 4.69) is 21.2 Å². The van der Waals surface area contributed by atoms with Gasteiger partial charge in [-0.2, -0.15) is 0 Å². The summed E-state index contributed by atoms with van der Waals surface area (Å²) in [7, 11) is 0. The summed E-state index contributed by atoms with van der Waals surface area (Å²) in [6.45, 7) is 3.45. The van der Waals surface area contributed by atoms with Gasteiger partial charge in [-0.1, -0.05) is 0 Å². The summed E-state index contributed by atoms with van der Waals surface area (Å²) >= 11 is 4.96. The number of nitrogens with one attached hydrogen (secondary N) is 1. The third kappa shape index (κ3) is 3.48. The number of nitrogens with zero attached hydrogens (tertiary/aromatic N) is 1. The number of amides is 2. The molecule has 0 aromatic carbocycles. The number of rotatable bonds is 3. The van der Waals surface area contributed by atoms with Crippen LogP contribution < -0.4 is 5.32 Å². The SMILES string of the molecule is Cc1cc(C(=O)N2CCC(NC(=O)C3CC3)CC2)sc1Br. The Balaban J connectivity index is 1.52. The van der Waals surface area contributed by atoms with Crippen LogP contribution in [0.15, 0.2) is 9.85 Å². The van der Waals surface area contributed by atoms with E-state index in [-0.39, 0.29) is 23.8 Å². The third-order valence-electron chi connectivity index (χ3n) is 4.14. The van der Waals surface area contributed by atoms with Gasteiger partial charge in [0, 0.05) is 25.0 Å². The van der Waals surface area contributed by atoms with Crippen LogP contribution >= 0.6 is 27.3 Å². The highest BCUT2D eigenvalue weighted by Crippen LogP contribution is 2.30. The average Bonchev–Trinajstić information content (AvgIpc) is 3.26. The number of hydrogen-bond acceptors (Lipinski definition) is 3. The maximum Gasteiger partial charge on any atom is 0.263 e. The predicted octanol–water partition coefficient (Wildman–Crippen LogP) is 2.95. The van der Waals surface area contributed by atoms with E-state index in [4.69, 9.17) is 0 Å². The van der Waals surface area contributed by atoms with Gasteiger partial charge in [-0.25, -0.2) is 0 Å². The highest BCUT2D eigenvalue weighted by atomic mass is 79.9. The van der Waals surface area contributed by atoms with E-state index in [0.29, 0.717) is 0 Å². The maximum absolute atomic E-state index is 12.4. The van der Waals surface area contributed by atoms with E-state index in [1.807, 2.05) is 17.9 Å². The van der Waals surface area contributed by atoms with Crippen LogP contribution in [0.4, 0.5) is 0 Å². The Morgan fingerprint density at radius 2 is 1.95 bits per heavy atom. The minimum Gasteiger partial charge on any atom is -0.353 e. The number of hydrogen-bond donors (Lipinski definition) is 1. The molecule has 114 valence electrons. The van der Waals surface area contributed by atoms with Crippen molar-refractivity contribution in [1.82, 2.24) is 10.2 Å². The number of thiophene rings is 1. The number of piperidine rings is 1. The van der Waals surface area contributed by atoms with Crippen LogP contribution in [0.5, 0.6) is 0 Å².